The van der Waals surface area contributed by atoms with Crippen molar-refractivity contribution in [1.82, 2.24) is 4.98 Å². The molecule has 12 heteroatoms. The van der Waals surface area contributed by atoms with Crippen molar-refractivity contribution in [2.75, 3.05) is 5.43 Å². The highest BCUT2D eigenvalue weighted by atomic mass is 32.1. The molecule has 0 spiro atoms. The van der Waals surface area contributed by atoms with E-state index in [0.29, 0.717) is 10.7 Å². The smallest absolute Gasteiger partial charge is 0.343 e. The Morgan fingerprint density at radius 3 is 1.85 bits per heavy atom. The molecule has 1 N–H and O–H groups in total. The summed E-state index contributed by atoms with van der Waals surface area (Å²) in [7, 11) is 0. The van der Waals surface area contributed by atoms with Gasteiger partial charge in [0, 0.05) is 17.7 Å². The van der Waals surface area contributed by atoms with Gasteiger partial charge in [-0.1, -0.05) is 36.6 Å². The van der Waals surface area contributed by atoms with Gasteiger partial charge < -0.3 is 18.9 Å². The Labute approximate surface area is 266 Å². The highest BCUT2D eigenvalue weighted by Crippen LogP contribution is 2.27. The SMILES string of the molecule is C=CC(=O)Oc1ccc(C(=O)Oc2ccc(OC(=O)c3ccc(OC(=O)C=C)cc3)c(/C=N/Nc3nc4ccccc4s3)c2)cc1. The third-order valence-electron chi connectivity index (χ3n) is 6.00. The Bertz CT molecular complexity index is 1950. The Morgan fingerprint density at radius 1 is 0.696 bits per heavy atom. The number of esters is 4. The molecule has 0 amide bonds. The van der Waals surface area contributed by atoms with Gasteiger partial charge in [-0.15, -0.1) is 0 Å². The van der Waals surface area contributed by atoms with Gasteiger partial charge >= 0.3 is 23.9 Å². The van der Waals surface area contributed by atoms with Crippen LogP contribution in [0, 0.1) is 0 Å². The maximum atomic E-state index is 13.0. The maximum absolute atomic E-state index is 13.0. The second-order valence-corrected chi connectivity index (χ2v) is 10.2. The van der Waals surface area contributed by atoms with Crippen LogP contribution in [0.5, 0.6) is 23.0 Å². The van der Waals surface area contributed by atoms with Gasteiger partial charge in [0.1, 0.15) is 23.0 Å². The monoisotopic (exact) mass is 633 g/mol. The van der Waals surface area contributed by atoms with Gasteiger partial charge in [-0.25, -0.2) is 24.2 Å². The van der Waals surface area contributed by atoms with Crippen molar-refractivity contribution in [3.05, 3.63) is 133 Å². The zero-order chi connectivity index (χ0) is 32.5. The predicted octanol–water partition coefficient (Wildman–Crippen LogP) is 6.36. The van der Waals surface area contributed by atoms with E-state index in [1.807, 2.05) is 24.3 Å². The van der Waals surface area contributed by atoms with Gasteiger partial charge in [0.15, 0.2) is 0 Å². The van der Waals surface area contributed by atoms with Crippen molar-refractivity contribution in [2.24, 2.45) is 5.10 Å². The minimum atomic E-state index is -0.697. The lowest BCUT2D eigenvalue weighted by atomic mass is 10.2. The van der Waals surface area contributed by atoms with Gasteiger partial charge in [-0.05, 0) is 78.9 Å². The molecule has 46 heavy (non-hydrogen) atoms. The maximum Gasteiger partial charge on any atom is 0.343 e. The van der Waals surface area contributed by atoms with Crippen molar-refractivity contribution >= 4 is 56.8 Å². The molecule has 1 aromatic heterocycles. The van der Waals surface area contributed by atoms with Gasteiger partial charge in [0.25, 0.3) is 0 Å². The van der Waals surface area contributed by atoms with E-state index >= 15 is 0 Å². The van der Waals surface area contributed by atoms with Gasteiger partial charge in [0.2, 0.25) is 5.13 Å². The van der Waals surface area contributed by atoms with Gasteiger partial charge in [-0.2, -0.15) is 5.10 Å². The van der Waals surface area contributed by atoms with Crippen LogP contribution in [-0.2, 0) is 9.59 Å². The second kappa shape index (κ2) is 14.4. The lowest BCUT2D eigenvalue weighted by molar-refractivity contribution is -0.129. The standard InChI is InChI=1S/C34H23N3O8S/c1-3-30(38)42-24-13-9-21(10-14-24)32(40)44-26-17-18-28(45-33(41)22-11-15-25(16-12-22)43-31(39)4-2)23(19-26)20-35-37-34-36-27-7-5-6-8-29(27)46-34/h3-20H,1-2H2,(H,36,37)/b35-20+. The van der Waals surface area contributed by atoms with Crippen LogP contribution in [0.2, 0.25) is 0 Å². The molecule has 0 saturated carbocycles. The Morgan fingerprint density at radius 2 is 1.26 bits per heavy atom. The molecule has 5 rings (SSSR count). The van der Waals surface area contributed by atoms with Crippen LogP contribution in [0.1, 0.15) is 26.3 Å². The van der Waals surface area contributed by atoms with Crippen molar-refractivity contribution in [3.63, 3.8) is 0 Å². The van der Waals surface area contributed by atoms with Crippen molar-refractivity contribution < 1.29 is 38.1 Å². The number of hydrogen-bond donors (Lipinski definition) is 1. The van der Waals surface area contributed by atoms with Crippen LogP contribution in [-0.4, -0.2) is 35.1 Å². The minimum absolute atomic E-state index is 0.121. The minimum Gasteiger partial charge on any atom is -0.423 e. The molecule has 0 aliphatic rings. The molecule has 5 aromatic rings. The summed E-state index contributed by atoms with van der Waals surface area (Å²) in [5.74, 6) is -1.92. The molecule has 0 unspecified atom stereocenters. The van der Waals surface area contributed by atoms with Crippen LogP contribution in [0.4, 0.5) is 5.13 Å². The number of para-hydroxylation sites is 1. The topological polar surface area (TPSA) is 142 Å². The summed E-state index contributed by atoms with van der Waals surface area (Å²) < 4.78 is 22.2. The van der Waals surface area contributed by atoms with Crippen molar-refractivity contribution in [2.45, 2.75) is 0 Å². The summed E-state index contributed by atoms with van der Waals surface area (Å²) in [5.41, 5.74) is 4.37. The number of anilines is 1. The van der Waals surface area contributed by atoms with Crippen LogP contribution in [0.3, 0.4) is 0 Å². The molecule has 228 valence electrons. The first-order valence-corrected chi connectivity index (χ1v) is 14.2. The van der Waals surface area contributed by atoms with Crippen molar-refractivity contribution in [1.29, 1.82) is 0 Å². The third-order valence-corrected chi connectivity index (χ3v) is 6.94. The van der Waals surface area contributed by atoms with E-state index in [0.717, 1.165) is 22.4 Å². The molecular formula is C34H23N3O8S. The molecule has 0 saturated heterocycles. The molecule has 0 aliphatic carbocycles. The number of carbonyl (C=O) groups excluding carboxylic acids is 4. The molecule has 0 bridgehead atoms. The zero-order valence-electron chi connectivity index (χ0n) is 23.9. The fraction of sp³-hybridized carbons (Fsp3) is 0. The molecule has 0 atom stereocenters. The number of nitrogens with zero attached hydrogens (tertiary/aromatic N) is 2. The number of hydrogen-bond acceptors (Lipinski definition) is 12. The fourth-order valence-electron chi connectivity index (χ4n) is 3.82. The predicted molar refractivity (Wildman–Crippen MR) is 172 cm³/mol. The quantitative estimate of drug-likeness (QED) is 0.0574. The molecule has 11 nitrogen and oxygen atoms in total. The molecular weight excluding hydrogens is 610 g/mol. The Hall–Kier alpha value is -6.40. The average Bonchev–Trinajstić information content (AvgIpc) is 3.49. The van der Waals surface area contributed by atoms with Crippen LogP contribution in [0.25, 0.3) is 10.2 Å². The van der Waals surface area contributed by atoms with E-state index in [2.05, 4.69) is 28.7 Å². The number of nitrogens with one attached hydrogen (secondary N) is 1. The van der Waals surface area contributed by atoms with Crippen LogP contribution < -0.4 is 24.4 Å². The first-order chi connectivity index (χ1) is 22.3. The molecule has 1 heterocycles. The largest absolute Gasteiger partial charge is 0.423 e. The molecule has 4 aromatic carbocycles. The summed E-state index contributed by atoms with van der Waals surface area (Å²) in [6, 6.07) is 23.6. The molecule has 0 fully saturated rings. The van der Waals surface area contributed by atoms with E-state index in [1.54, 1.807) is 0 Å². The second-order valence-electron chi connectivity index (χ2n) is 9.13. The number of fused-ring (bicyclic) bond motifs is 1. The van der Waals surface area contributed by atoms with E-state index < -0.39 is 23.9 Å². The molecule has 0 radical (unpaired) electrons. The lowest BCUT2D eigenvalue weighted by Crippen LogP contribution is -2.11. The number of rotatable bonds is 11. The summed E-state index contributed by atoms with van der Waals surface area (Å²) in [6.45, 7) is 6.69. The summed E-state index contributed by atoms with van der Waals surface area (Å²) >= 11 is 1.41. The summed E-state index contributed by atoms with van der Waals surface area (Å²) in [5, 5.41) is 4.79. The Kier molecular flexibility index (Phi) is 9.70. The highest BCUT2D eigenvalue weighted by Gasteiger charge is 2.15. The molecule has 0 aliphatic heterocycles. The highest BCUT2D eigenvalue weighted by molar-refractivity contribution is 7.22. The third kappa shape index (κ3) is 7.95. The fourth-order valence-corrected chi connectivity index (χ4v) is 4.63. The summed E-state index contributed by atoms with van der Waals surface area (Å²) in [4.78, 5) is 53.1. The normalized spacial score (nSPS) is 10.6. The zero-order valence-corrected chi connectivity index (χ0v) is 24.7. The summed E-state index contributed by atoms with van der Waals surface area (Å²) in [6.07, 6.45) is 3.45. The average molecular weight is 634 g/mol. The first kappa shape index (κ1) is 31.0. The van der Waals surface area contributed by atoms with E-state index in [9.17, 15) is 19.2 Å². The number of benzene rings is 4. The van der Waals surface area contributed by atoms with E-state index in [4.69, 9.17) is 18.9 Å². The number of ether oxygens (including phenoxy) is 4. The Balaban J connectivity index is 1.35. The number of aromatic nitrogens is 1. The van der Waals surface area contributed by atoms with E-state index in [-0.39, 0.29) is 34.1 Å². The number of thiazole rings is 1. The van der Waals surface area contributed by atoms with Crippen molar-refractivity contribution in [3.8, 4) is 23.0 Å². The number of carbonyl (C=O) groups is 4. The van der Waals surface area contributed by atoms with Crippen LogP contribution in [0.15, 0.2) is 121 Å². The first-order valence-electron chi connectivity index (χ1n) is 13.4. The van der Waals surface area contributed by atoms with E-state index in [1.165, 1.54) is 84.3 Å². The van der Waals surface area contributed by atoms with Gasteiger partial charge in [0.05, 0.1) is 27.6 Å². The lowest BCUT2D eigenvalue weighted by Gasteiger charge is -2.11. The number of hydrazone groups is 1. The van der Waals surface area contributed by atoms with Crippen LogP contribution >= 0.6 is 11.3 Å². The van der Waals surface area contributed by atoms with Gasteiger partial charge in [-0.3, -0.25) is 5.43 Å².